The smallest absolute Gasteiger partial charge is 0.266 e. The Hall–Kier alpha value is -2.77. The first-order valence-corrected chi connectivity index (χ1v) is 11.2. The van der Waals surface area contributed by atoms with Crippen LogP contribution in [0.2, 0.25) is 5.02 Å². The van der Waals surface area contributed by atoms with Gasteiger partial charge in [-0.25, -0.2) is 0 Å². The molecule has 5 heteroatoms. The van der Waals surface area contributed by atoms with Gasteiger partial charge in [0.05, 0.1) is 0 Å². The molecule has 1 heterocycles. The molecule has 31 heavy (non-hydrogen) atoms. The number of nitrogens with zero attached hydrogens (tertiary/aromatic N) is 2. The summed E-state index contributed by atoms with van der Waals surface area (Å²) in [7, 11) is 0. The molecule has 4 nitrogen and oxygen atoms in total. The monoisotopic (exact) mass is 435 g/mol. The second-order valence-electron chi connectivity index (χ2n) is 8.94. The van der Waals surface area contributed by atoms with E-state index in [-0.39, 0.29) is 11.1 Å². The molecule has 0 bridgehead atoms. The fourth-order valence-electron chi connectivity index (χ4n) is 4.49. The molecular weight excluding hydrogens is 406 g/mol. The van der Waals surface area contributed by atoms with Crippen LogP contribution in [0.4, 0.5) is 11.4 Å². The number of halogens is 1. The molecule has 1 amide bonds. The maximum Gasteiger partial charge on any atom is 0.266 e. The van der Waals surface area contributed by atoms with Gasteiger partial charge in [0.25, 0.3) is 5.91 Å². The molecule has 0 aromatic heterocycles. The van der Waals surface area contributed by atoms with Gasteiger partial charge in [-0.1, -0.05) is 43.6 Å². The summed E-state index contributed by atoms with van der Waals surface area (Å²) in [5.74, 6) is -0.0822. The third-order valence-electron chi connectivity index (χ3n) is 6.01. The molecule has 0 saturated heterocycles. The van der Waals surface area contributed by atoms with Crippen molar-refractivity contribution in [1.29, 1.82) is 5.26 Å². The molecule has 162 valence electrons. The maximum absolute atomic E-state index is 12.7. The van der Waals surface area contributed by atoms with Gasteiger partial charge in [-0.3, -0.25) is 4.79 Å². The Morgan fingerprint density at radius 2 is 2.06 bits per heavy atom. The highest BCUT2D eigenvalue weighted by atomic mass is 35.5. The van der Waals surface area contributed by atoms with Crippen LogP contribution in [0.1, 0.15) is 63.1 Å². The van der Waals surface area contributed by atoms with Crippen molar-refractivity contribution < 1.29 is 4.79 Å². The molecule has 0 saturated carbocycles. The Labute approximate surface area is 190 Å². The summed E-state index contributed by atoms with van der Waals surface area (Å²) in [6.45, 7) is 11.8. The zero-order valence-electron chi connectivity index (χ0n) is 18.9. The number of rotatable bonds is 5. The van der Waals surface area contributed by atoms with Gasteiger partial charge in [0.2, 0.25) is 0 Å². The van der Waals surface area contributed by atoms with Gasteiger partial charge in [0, 0.05) is 28.5 Å². The Morgan fingerprint density at radius 3 is 2.71 bits per heavy atom. The van der Waals surface area contributed by atoms with Gasteiger partial charge in [-0.15, -0.1) is 0 Å². The molecule has 0 fully saturated rings. The number of hydrogen-bond acceptors (Lipinski definition) is 3. The molecular formula is C26H30ClN3O. The van der Waals surface area contributed by atoms with E-state index < -0.39 is 5.91 Å². The van der Waals surface area contributed by atoms with Crippen molar-refractivity contribution in [3.8, 4) is 6.07 Å². The predicted octanol–water partition coefficient (Wildman–Crippen LogP) is 6.70. The second-order valence-corrected chi connectivity index (χ2v) is 9.35. The fraction of sp³-hybridized carbons (Fsp3) is 0.385. The first-order valence-electron chi connectivity index (χ1n) is 10.8. The Morgan fingerprint density at radius 1 is 1.35 bits per heavy atom. The van der Waals surface area contributed by atoms with E-state index in [4.69, 9.17) is 11.6 Å². The van der Waals surface area contributed by atoms with E-state index in [0.29, 0.717) is 22.2 Å². The number of para-hydroxylation sites is 1. The summed E-state index contributed by atoms with van der Waals surface area (Å²) >= 11 is 6.65. The van der Waals surface area contributed by atoms with Crippen LogP contribution >= 0.6 is 11.6 Å². The zero-order chi connectivity index (χ0) is 22.8. The number of carbonyl (C=O) groups is 1. The average Bonchev–Trinajstić information content (AvgIpc) is 2.71. The normalized spacial score (nSPS) is 17.6. The largest absolute Gasteiger partial charge is 0.366 e. The number of anilines is 2. The molecule has 0 radical (unpaired) electrons. The van der Waals surface area contributed by atoms with Crippen molar-refractivity contribution >= 4 is 35.0 Å². The van der Waals surface area contributed by atoms with E-state index in [1.165, 1.54) is 5.56 Å². The third kappa shape index (κ3) is 4.78. The van der Waals surface area contributed by atoms with Crippen molar-refractivity contribution in [2.24, 2.45) is 0 Å². The summed E-state index contributed by atoms with van der Waals surface area (Å²) in [4.78, 5) is 15.2. The van der Waals surface area contributed by atoms with E-state index >= 15 is 0 Å². The van der Waals surface area contributed by atoms with Crippen molar-refractivity contribution in [3.05, 3.63) is 63.7 Å². The molecule has 3 rings (SSSR count). The van der Waals surface area contributed by atoms with Crippen LogP contribution in [0.15, 0.2) is 42.0 Å². The quantitative estimate of drug-likeness (QED) is 0.420. The van der Waals surface area contributed by atoms with Crippen molar-refractivity contribution in [2.75, 3.05) is 16.8 Å². The highest BCUT2D eigenvalue weighted by molar-refractivity contribution is 6.32. The lowest BCUT2D eigenvalue weighted by molar-refractivity contribution is -0.112. The van der Waals surface area contributed by atoms with Gasteiger partial charge < -0.3 is 10.2 Å². The highest BCUT2D eigenvalue weighted by Gasteiger charge is 2.36. The number of amides is 1. The highest BCUT2D eigenvalue weighted by Crippen LogP contribution is 2.45. The van der Waals surface area contributed by atoms with Crippen LogP contribution in [-0.2, 0) is 4.79 Å². The number of fused-ring (bicyclic) bond motifs is 1. The van der Waals surface area contributed by atoms with Crippen LogP contribution in [0.3, 0.4) is 0 Å². The summed E-state index contributed by atoms with van der Waals surface area (Å²) in [6, 6.07) is 13.6. The SMILES string of the molecule is CCCN1c2cc(Cl)c(/C=C(\C#N)C(=O)Nc3ccccc3C)cc2C(C)CC1(C)C. The van der Waals surface area contributed by atoms with Gasteiger partial charge in [0.1, 0.15) is 11.6 Å². The summed E-state index contributed by atoms with van der Waals surface area (Å²) in [5.41, 5.74) is 4.76. The van der Waals surface area contributed by atoms with E-state index in [1.807, 2.05) is 49.4 Å². The summed E-state index contributed by atoms with van der Waals surface area (Å²) in [6.07, 6.45) is 3.67. The number of carbonyl (C=O) groups excluding carboxylic acids is 1. The van der Waals surface area contributed by atoms with Crippen molar-refractivity contribution in [1.82, 2.24) is 0 Å². The van der Waals surface area contributed by atoms with Crippen LogP contribution in [0.25, 0.3) is 6.08 Å². The maximum atomic E-state index is 12.7. The zero-order valence-corrected chi connectivity index (χ0v) is 19.7. The molecule has 1 aliphatic rings. The van der Waals surface area contributed by atoms with Crippen LogP contribution in [0, 0.1) is 18.3 Å². The van der Waals surface area contributed by atoms with Gasteiger partial charge in [-0.05, 0) is 80.5 Å². The lowest BCUT2D eigenvalue weighted by Gasteiger charge is -2.47. The second kappa shape index (κ2) is 9.16. The first-order chi connectivity index (χ1) is 14.7. The number of hydrogen-bond donors (Lipinski definition) is 1. The molecule has 0 aliphatic carbocycles. The number of aryl methyl sites for hydroxylation is 1. The van der Waals surface area contributed by atoms with Crippen LogP contribution < -0.4 is 10.2 Å². The molecule has 2 aromatic carbocycles. The lowest BCUT2D eigenvalue weighted by Crippen LogP contribution is -2.48. The topological polar surface area (TPSA) is 56.1 Å². The fourth-order valence-corrected chi connectivity index (χ4v) is 4.70. The van der Waals surface area contributed by atoms with E-state index in [1.54, 1.807) is 6.08 Å². The van der Waals surface area contributed by atoms with Crippen molar-refractivity contribution in [3.63, 3.8) is 0 Å². The number of nitrogens with one attached hydrogen (secondary N) is 1. The Kier molecular flexibility index (Phi) is 6.77. The third-order valence-corrected chi connectivity index (χ3v) is 6.34. The van der Waals surface area contributed by atoms with Crippen LogP contribution in [0.5, 0.6) is 0 Å². The molecule has 0 spiro atoms. The lowest BCUT2D eigenvalue weighted by atomic mass is 9.79. The minimum absolute atomic E-state index is 0.0271. The van der Waals surface area contributed by atoms with Gasteiger partial charge in [0.15, 0.2) is 0 Å². The van der Waals surface area contributed by atoms with Crippen LogP contribution in [-0.4, -0.2) is 18.0 Å². The molecule has 1 N–H and O–H groups in total. The number of benzene rings is 2. The molecule has 1 aliphatic heterocycles. The molecule has 1 unspecified atom stereocenters. The van der Waals surface area contributed by atoms with Gasteiger partial charge in [-0.2, -0.15) is 5.26 Å². The number of nitriles is 1. The minimum Gasteiger partial charge on any atom is -0.366 e. The first kappa shape index (κ1) is 22.9. The average molecular weight is 436 g/mol. The van der Waals surface area contributed by atoms with Crippen molar-refractivity contribution in [2.45, 2.75) is 58.9 Å². The van der Waals surface area contributed by atoms with E-state index in [0.717, 1.165) is 30.6 Å². The Balaban J connectivity index is 1.98. The van der Waals surface area contributed by atoms with E-state index in [9.17, 15) is 10.1 Å². The molecule has 1 atom stereocenters. The standard InChI is InChI=1S/C26H30ClN3O/c1-6-11-30-24-14-22(27)19(13-21(24)18(3)15-26(30,4)5)12-20(16-28)25(31)29-23-10-8-7-9-17(23)2/h7-10,12-14,18H,6,11,15H2,1-5H3,(H,29,31)/b20-12+. The Bertz CT molecular complexity index is 1060. The van der Waals surface area contributed by atoms with E-state index in [2.05, 4.69) is 37.9 Å². The molecule has 2 aromatic rings. The predicted molar refractivity (Wildman–Crippen MR) is 130 cm³/mol. The summed E-state index contributed by atoms with van der Waals surface area (Å²) < 4.78 is 0. The van der Waals surface area contributed by atoms with Gasteiger partial charge >= 0.3 is 0 Å². The summed E-state index contributed by atoms with van der Waals surface area (Å²) in [5, 5.41) is 13.0. The minimum atomic E-state index is -0.438.